The van der Waals surface area contributed by atoms with E-state index in [4.69, 9.17) is 0 Å². The number of methoxy groups -OCH3 is 2. The molecule has 0 spiro atoms. The smallest absolute Gasteiger partial charge is 0.339 e. The molecule has 2 aromatic rings. The van der Waals surface area contributed by atoms with E-state index in [1.165, 1.54) is 14.2 Å². The van der Waals surface area contributed by atoms with E-state index in [9.17, 15) is 9.59 Å². The number of aromatic nitrogens is 2. The summed E-state index contributed by atoms with van der Waals surface area (Å²) in [5.74, 6) is -0.675. The molecule has 0 radical (unpaired) electrons. The van der Waals surface area contributed by atoms with Crippen LogP contribution in [0.2, 0.25) is 0 Å². The van der Waals surface area contributed by atoms with Crippen LogP contribution in [0.1, 0.15) is 32.1 Å². The van der Waals surface area contributed by atoms with Crippen LogP contribution in [0, 0.1) is 13.8 Å². The monoisotopic (exact) mass is 302 g/mol. The number of esters is 2. The van der Waals surface area contributed by atoms with Gasteiger partial charge < -0.3 is 9.47 Å². The molecule has 0 aromatic carbocycles. The van der Waals surface area contributed by atoms with Crippen LogP contribution in [-0.4, -0.2) is 36.1 Å². The van der Waals surface area contributed by atoms with Gasteiger partial charge in [0.05, 0.1) is 36.7 Å². The summed E-state index contributed by atoms with van der Waals surface area (Å²) in [7, 11) is 2.71. The molecule has 0 fully saturated rings. The Bertz CT molecular complexity index is 599. The highest BCUT2D eigenvalue weighted by atomic mass is 16.5. The van der Waals surface area contributed by atoms with Crippen molar-refractivity contribution >= 4 is 11.9 Å². The number of nitrogens with zero attached hydrogens (tertiary/aromatic N) is 2. The maximum atomic E-state index is 11.0. The lowest BCUT2D eigenvalue weighted by Gasteiger charge is -2.00. The Balaban J connectivity index is 0.000000220. The molecule has 0 saturated heterocycles. The highest BCUT2D eigenvalue weighted by molar-refractivity contribution is 5.90. The molecule has 0 aliphatic heterocycles. The highest BCUT2D eigenvalue weighted by Gasteiger charge is 2.08. The fourth-order valence-electron chi connectivity index (χ4n) is 1.62. The number of ether oxygens (including phenoxy) is 2. The van der Waals surface area contributed by atoms with Crippen molar-refractivity contribution in [1.82, 2.24) is 9.97 Å². The predicted octanol–water partition coefficient (Wildman–Crippen LogP) is 2.35. The van der Waals surface area contributed by atoms with Crippen LogP contribution >= 0.6 is 0 Å². The number of rotatable bonds is 2. The van der Waals surface area contributed by atoms with Crippen LogP contribution in [0.4, 0.5) is 0 Å². The molecule has 0 unspecified atom stereocenters. The van der Waals surface area contributed by atoms with Gasteiger partial charge in [-0.1, -0.05) is 0 Å². The minimum Gasteiger partial charge on any atom is -0.465 e. The molecule has 22 heavy (non-hydrogen) atoms. The van der Waals surface area contributed by atoms with Crippen LogP contribution in [-0.2, 0) is 9.47 Å². The standard InChI is InChI=1S/2C8H9NO2/c2*1-6-7(8(10)11-2)4-3-5-9-6/h2*3-5H,1-2H3. The van der Waals surface area contributed by atoms with Gasteiger partial charge in [0.2, 0.25) is 0 Å². The Morgan fingerprint density at radius 2 is 1.18 bits per heavy atom. The molecule has 116 valence electrons. The van der Waals surface area contributed by atoms with E-state index in [0.717, 1.165) is 0 Å². The second-order valence-corrected chi connectivity index (χ2v) is 4.26. The average Bonchev–Trinajstić information content (AvgIpc) is 2.55. The number of pyridine rings is 2. The summed E-state index contributed by atoms with van der Waals surface area (Å²) in [5.41, 5.74) is 2.43. The fraction of sp³-hybridized carbons (Fsp3) is 0.250. The Morgan fingerprint density at radius 3 is 1.45 bits per heavy atom. The van der Waals surface area contributed by atoms with Gasteiger partial charge in [0.1, 0.15) is 0 Å². The minimum atomic E-state index is -0.337. The molecule has 6 heteroatoms. The van der Waals surface area contributed by atoms with Gasteiger partial charge in [-0.3, -0.25) is 9.97 Å². The van der Waals surface area contributed by atoms with E-state index in [1.54, 1.807) is 50.5 Å². The van der Waals surface area contributed by atoms with Gasteiger partial charge in [0.15, 0.2) is 0 Å². The third kappa shape index (κ3) is 4.66. The van der Waals surface area contributed by atoms with E-state index in [-0.39, 0.29) is 11.9 Å². The number of hydrogen-bond acceptors (Lipinski definition) is 6. The van der Waals surface area contributed by atoms with Crippen molar-refractivity contribution < 1.29 is 19.1 Å². The first-order valence-electron chi connectivity index (χ1n) is 6.51. The summed E-state index contributed by atoms with van der Waals surface area (Å²) in [5, 5.41) is 0. The zero-order chi connectivity index (χ0) is 16.5. The van der Waals surface area contributed by atoms with E-state index in [2.05, 4.69) is 19.4 Å². The molecule has 0 saturated carbocycles. The van der Waals surface area contributed by atoms with Crippen LogP contribution in [0.5, 0.6) is 0 Å². The lowest BCUT2D eigenvalue weighted by Crippen LogP contribution is -2.04. The van der Waals surface area contributed by atoms with Crippen molar-refractivity contribution in [2.45, 2.75) is 13.8 Å². The maximum Gasteiger partial charge on any atom is 0.339 e. The van der Waals surface area contributed by atoms with Gasteiger partial charge >= 0.3 is 11.9 Å². The SMILES string of the molecule is COC(=O)c1cccnc1C.COC(=O)c1cccnc1C. The predicted molar refractivity (Wildman–Crippen MR) is 80.6 cm³/mol. The van der Waals surface area contributed by atoms with Crippen molar-refractivity contribution in [1.29, 1.82) is 0 Å². The summed E-state index contributed by atoms with van der Waals surface area (Å²) < 4.78 is 9.08. The molecule has 2 rings (SSSR count). The maximum absolute atomic E-state index is 11.0. The molecule has 0 atom stereocenters. The van der Waals surface area contributed by atoms with Crippen molar-refractivity contribution in [3.63, 3.8) is 0 Å². The van der Waals surface area contributed by atoms with Gasteiger partial charge in [-0.2, -0.15) is 0 Å². The molecule has 2 aromatic heterocycles. The van der Waals surface area contributed by atoms with Crippen LogP contribution < -0.4 is 0 Å². The number of aryl methyl sites for hydroxylation is 2. The van der Waals surface area contributed by atoms with Gasteiger partial charge in [0, 0.05) is 12.4 Å². The summed E-state index contributed by atoms with van der Waals surface area (Å²) in [6, 6.07) is 6.79. The molecule has 0 bridgehead atoms. The minimum absolute atomic E-state index is 0.337. The zero-order valence-corrected chi connectivity index (χ0v) is 13.0. The number of hydrogen-bond donors (Lipinski definition) is 0. The van der Waals surface area contributed by atoms with E-state index < -0.39 is 0 Å². The highest BCUT2D eigenvalue weighted by Crippen LogP contribution is 2.04. The second kappa shape index (κ2) is 8.51. The van der Waals surface area contributed by atoms with Crippen LogP contribution in [0.15, 0.2) is 36.7 Å². The van der Waals surface area contributed by atoms with Gasteiger partial charge in [-0.25, -0.2) is 9.59 Å². The van der Waals surface area contributed by atoms with Crippen molar-refractivity contribution in [3.8, 4) is 0 Å². The molecule has 0 N–H and O–H groups in total. The summed E-state index contributed by atoms with van der Waals surface area (Å²) >= 11 is 0. The van der Waals surface area contributed by atoms with Crippen molar-refractivity contribution in [2.75, 3.05) is 14.2 Å². The average molecular weight is 302 g/mol. The molecule has 0 aliphatic rings. The van der Waals surface area contributed by atoms with Gasteiger partial charge in [0.25, 0.3) is 0 Å². The Hall–Kier alpha value is -2.76. The molecule has 0 amide bonds. The zero-order valence-electron chi connectivity index (χ0n) is 13.0. The second-order valence-electron chi connectivity index (χ2n) is 4.26. The Labute approximate surface area is 129 Å². The van der Waals surface area contributed by atoms with E-state index in [0.29, 0.717) is 22.5 Å². The Kier molecular flexibility index (Phi) is 6.69. The third-order valence-corrected chi connectivity index (χ3v) is 2.82. The van der Waals surface area contributed by atoms with E-state index >= 15 is 0 Å². The molecular weight excluding hydrogens is 284 g/mol. The van der Waals surface area contributed by atoms with Gasteiger partial charge in [-0.05, 0) is 38.1 Å². The molecule has 6 nitrogen and oxygen atoms in total. The number of carbonyl (C=O) groups is 2. The largest absolute Gasteiger partial charge is 0.465 e. The third-order valence-electron chi connectivity index (χ3n) is 2.82. The first kappa shape index (κ1) is 17.3. The summed E-state index contributed by atoms with van der Waals surface area (Å²) in [6.07, 6.45) is 3.28. The summed E-state index contributed by atoms with van der Waals surface area (Å²) in [4.78, 5) is 29.8. The van der Waals surface area contributed by atoms with Gasteiger partial charge in [-0.15, -0.1) is 0 Å². The van der Waals surface area contributed by atoms with Crippen molar-refractivity contribution in [3.05, 3.63) is 59.2 Å². The Morgan fingerprint density at radius 1 is 0.818 bits per heavy atom. The van der Waals surface area contributed by atoms with Crippen LogP contribution in [0.3, 0.4) is 0 Å². The number of carbonyl (C=O) groups excluding carboxylic acids is 2. The molecular formula is C16H18N2O4. The fourth-order valence-corrected chi connectivity index (χ4v) is 1.62. The topological polar surface area (TPSA) is 78.4 Å². The lowest BCUT2D eigenvalue weighted by atomic mass is 10.2. The van der Waals surface area contributed by atoms with E-state index in [1.807, 2.05) is 0 Å². The molecule has 2 heterocycles. The molecule has 0 aliphatic carbocycles. The van der Waals surface area contributed by atoms with Crippen molar-refractivity contribution in [2.24, 2.45) is 0 Å². The lowest BCUT2D eigenvalue weighted by molar-refractivity contribution is 0.0590. The first-order valence-corrected chi connectivity index (χ1v) is 6.51. The van der Waals surface area contributed by atoms with Crippen LogP contribution in [0.25, 0.3) is 0 Å². The normalized spacial score (nSPS) is 9.27. The quantitative estimate of drug-likeness (QED) is 0.792. The first-order chi connectivity index (χ1) is 10.5. The summed E-state index contributed by atoms with van der Waals surface area (Å²) in [6.45, 7) is 3.54.